The zero-order valence-electron chi connectivity index (χ0n) is 11.7. The molecule has 0 aliphatic carbocycles. The number of nitriles is 1. The summed E-state index contributed by atoms with van der Waals surface area (Å²) in [6.45, 7) is 2.18. The van der Waals surface area contributed by atoms with Crippen molar-refractivity contribution >= 4 is 33.4 Å². The van der Waals surface area contributed by atoms with Gasteiger partial charge >= 0.3 is 0 Å². The maximum Gasteiger partial charge on any atom is 0.183 e. The number of hydrogen-bond acceptors (Lipinski definition) is 3. The number of nitrogens with zero attached hydrogens (tertiary/aromatic N) is 2. The van der Waals surface area contributed by atoms with E-state index in [2.05, 4.69) is 41.5 Å². The van der Waals surface area contributed by atoms with Crippen molar-refractivity contribution in [2.24, 2.45) is 4.99 Å². The van der Waals surface area contributed by atoms with Crippen LogP contribution in [0.4, 0.5) is 5.69 Å². The molecule has 2 aromatic carbocycles. The Balaban J connectivity index is 2.56. The maximum atomic E-state index is 8.72. The Kier molecular flexibility index (Phi) is 5.03. The second-order valence-corrected chi connectivity index (χ2v) is 5.19. The summed E-state index contributed by atoms with van der Waals surface area (Å²) in [5, 5.41) is 14.3. The van der Waals surface area contributed by atoms with E-state index >= 15 is 0 Å². The Morgan fingerprint density at radius 2 is 2.00 bits per heavy atom. The van der Waals surface area contributed by atoms with Crippen molar-refractivity contribution in [2.75, 3.05) is 6.26 Å². The number of benzene rings is 2. The average Bonchev–Trinajstić information content (AvgIpc) is 2.49. The van der Waals surface area contributed by atoms with Gasteiger partial charge in [-0.2, -0.15) is 5.26 Å². The summed E-state index contributed by atoms with van der Waals surface area (Å²) in [7, 11) is 0. The van der Waals surface area contributed by atoms with Crippen molar-refractivity contribution in [2.45, 2.75) is 19.8 Å². The van der Waals surface area contributed by atoms with Gasteiger partial charge < -0.3 is 0 Å². The molecule has 102 valence electrons. The molecule has 0 fully saturated rings. The molecular formula is C16H17N3S. The predicted molar refractivity (Wildman–Crippen MR) is 87.3 cm³/mol. The normalized spacial score (nSPS) is 11.3. The standard InChI is InChI=1S/C16H17N3S/c1-3-6-12-9-10-15(19-16(20-2)18-11-17)14-8-5-4-7-13(12)14/h4-5,7-10H,3,6H2,1-2H3,(H,18,19). The van der Waals surface area contributed by atoms with Crippen LogP contribution in [-0.4, -0.2) is 11.4 Å². The molecule has 1 N–H and O–H groups in total. The molecule has 2 rings (SSSR count). The van der Waals surface area contributed by atoms with E-state index in [1.54, 1.807) is 0 Å². The van der Waals surface area contributed by atoms with E-state index in [0.29, 0.717) is 5.17 Å². The van der Waals surface area contributed by atoms with Crippen LogP contribution in [0.5, 0.6) is 0 Å². The third kappa shape index (κ3) is 3.12. The van der Waals surface area contributed by atoms with E-state index in [4.69, 9.17) is 5.26 Å². The topological polar surface area (TPSA) is 48.2 Å². The minimum absolute atomic E-state index is 0.612. The summed E-state index contributed by atoms with van der Waals surface area (Å²) in [6, 6.07) is 12.5. The second-order valence-electron chi connectivity index (χ2n) is 4.40. The van der Waals surface area contributed by atoms with E-state index in [9.17, 15) is 0 Å². The van der Waals surface area contributed by atoms with E-state index in [0.717, 1.165) is 23.9 Å². The minimum Gasteiger partial charge on any atom is -0.271 e. The molecule has 0 saturated carbocycles. The first-order chi connectivity index (χ1) is 9.80. The number of aryl methyl sites for hydroxylation is 1. The van der Waals surface area contributed by atoms with Crippen LogP contribution < -0.4 is 5.32 Å². The number of hydrogen-bond donors (Lipinski definition) is 1. The zero-order valence-corrected chi connectivity index (χ0v) is 12.5. The van der Waals surface area contributed by atoms with Crippen LogP contribution in [-0.2, 0) is 6.42 Å². The van der Waals surface area contributed by atoms with Crippen LogP contribution in [0.2, 0.25) is 0 Å². The van der Waals surface area contributed by atoms with Crippen LogP contribution in [0.15, 0.2) is 41.4 Å². The highest BCUT2D eigenvalue weighted by Crippen LogP contribution is 2.30. The lowest BCUT2D eigenvalue weighted by atomic mass is 10.00. The fourth-order valence-corrected chi connectivity index (χ4v) is 2.55. The molecule has 0 amide bonds. The number of fused-ring (bicyclic) bond motifs is 1. The lowest BCUT2D eigenvalue weighted by molar-refractivity contribution is 0.929. The molecule has 0 aromatic heterocycles. The summed E-state index contributed by atoms with van der Waals surface area (Å²) in [6.07, 6.45) is 6.01. The molecule has 20 heavy (non-hydrogen) atoms. The monoisotopic (exact) mass is 283 g/mol. The maximum absolute atomic E-state index is 8.72. The predicted octanol–water partition coefficient (Wildman–Crippen LogP) is 4.21. The fraction of sp³-hybridized carbons (Fsp3) is 0.250. The number of amidine groups is 1. The van der Waals surface area contributed by atoms with Crippen molar-refractivity contribution in [1.29, 1.82) is 5.26 Å². The van der Waals surface area contributed by atoms with Crippen molar-refractivity contribution in [3.8, 4) is 6.19 Å². The summed E-state index contributed by atoms with van der Waals surface area (Å²) < 4.78 is 0. The number of thioether (sulfide) groups is 1. The van der Waals surface area contributed by atoms with Gasteiger partial charge in [0.25, 0.3) is 0 Å². The van der Waals surface area contributed by atoms with E-state index < -0.39 is 0 Å². The second kappa shape index (κ2) is 6.97. The van der Waals surface area contributed by atoms with Crippen LogP contribution >= 0.6 is 11.8 Å². The molecule has 0 spiro atoms. The Bertz CT molecular complexity index is 671. The number of rotatable bonds is 3. The zero-order chi connectivity index (χ0) is 14.4. The summed E-state index contributed by atoms with van der Waals surface area (Å²) in [4.78, 5) is 4.54. The first-order valence-electron chi connectivity index (χ1n) is 6.58. The Morgan fingerprint density at radius 3 is 2.65 bits per heavy atom. The Labute approximate surface area is 123 Å². The van der Waals surface area contributed by atoms with E-state index in [1.165, 1.54) is 22.7 Å². The average molecular weight is 283 g/mol. The smallest absolute Gasteiger partial charge is 0.183 e. The van der Waals surface area contributed by atoms with Gasteiger partial charge in [-0.25, -0.2) is 4.99 Å². The molecule has 0 aliphatic rings. The number of nitrogens with one attached hydrogen (secondary N) is 1. The lowest BCUT2D eigenvalue weighted by Crippen LogP contribution is -2.12. The molecule has 0 saturated heterocycles. The molecule has 0 bridgehead atoms. The van der Waals surface area contributed by atoms with Gasteiger partial charge in [0.2, 0.25) is 0 Å². The van der Waals surface area contributed by atoms with Gasteiger partial charge in [0, 0.05) is 5.39 Å². The van der Waals surface area contributed by atoms with Gasteiger partial charge in [0.15, 0.2) is 11.4 Å². The minimum atomic E-state index is 0.612. The summed E-state index contributed by atoms with van der Waals surface area (Å²) in [5.41, 5.74) is 2.24. The molecule has 0 aliphatic heterocycles. The van der Waals surface area contributed by atoms with Gasteiger partial charge in [-0.05, 0) is 29.7 Å². The Hall–Kier alpha value is -1.99. The van der Waals surface area contributed by atoms with Crippen LogP contribution in [0.3, 0.4) is 0 Å². The van der Waals surface area contributed by atoms with E-state index in [-0.39, 0.29) is 0 Å². The first kappa shape index (κ1) is 14.4. The SMILES string of the molecule is CCCc1ccc(N=C(NC#N)SC)c2ccccc12. The van der Waals surface area contributed by atoms with Gasteiger partial charge in [0.1, 0.15) is 0 Å². The molecule has 0 unspecified atom stereocenters. The third-order valence-electron chi connectivity index (χ3n) is 3.09. The Morgan fingerprint density at radius 1 is 1.25 bits per heavy atom. The van der Waals surface area contributed by atoms with Gasteiger partial charge in [-0.15, -0.1) is 0 Å². The molecule has 0 radical (unpaired) electrons. The largest absolute Gasteiger partial charge is 0.271 e. The van der Waals surface area contributed by atoms with Crippen molar-refractivity contribution in [3.63, 3.8) is 0 Å². The van der Waals surface area contributed by atoms with Gasteiger partial charge in [-0.3, -0.25) is 5.32 Å². The van der Waals surface area contributed by atoms with Gasteiger partial charge in [0.05, 0.1) is 5.69 Å². The highest BCUT2D eigenvalue weighted by Gasteiger charge is 2.05. The highest BCUT2D eigenvalue weighted by atomic mass is 32.2. The van der Waals surface area contributed by atoms with E-state index in [1.807, 2.05) is 24.6 Å². The van der Waals surface area contributed by atoms with Crippen LogP contribution in [0.25, 0.3) is 10.8 Å². The molecule has 4 heteroatoms. The van der Waals surface area contributed by atoms with Crippen LogP contribution in [0.1, 0.15) is 18.9 Å². The van der Waals surface area contributed by atoms with Crippen LogP contribution in [0, 0.1) is 11.5 Å². The quantitative estimate of drug-likeness (QED) is 0.397. The fourth-order valence-electron chi connectivity index (χ4n) is 2.21. The highest BCUT2D eigenvalue weighted by molar-refractivity contribution is 8.13. The van der Waals surface area contributed by atoms with Crippen molar-refractivity contribution < 1.29 is 0 Å². The molecule has 3 nitrogen and oxygen atoms in total. The summed E-state index contributed by atoms with van der Waals surface area (Å²) in [5.74, 6) is 0. The van der Waals surface area contributed by atoms with Crippen molar-refractivity contribution in [3.05, 3.63) is 42.0 Å². The summed E-state index contributed by atoms with van der Waals surface area (Å²) >= 11 is 1.43. The third-order valence-corrected chi connectivity index (χ3v) is 3.67. The lowest BCUT2D eigenvalue weighted by Gasteiger charge is -2.09. The molecule has 0 atom stereocenters. The molecule has 0 heterocycles. The number of aliphatic imine (C=N–C) groups is 1. The first-order valence-corrected chi connectivity index (χ1v) is 7.81. The van der Waals surface area contributed by atoms with Crippen molar-refractivity contribution in [1.82, 2.24) is 5.32 Å². The molecular weight excluding hydrogens is 266 g/mol. The van der Waals surface area contributed by atoms with Gasteiger partial charge in [-0.1, -0.05) is 55.4 Å². The molecule has 2 aromatic rings.